The molecule has 1 N–H and O–H groups in total. The van der Waals surface area contributed by atoms with Gasteiger partial charge >= 0.3 is 0 Å². The lowest BCUT2D eigenvalue weighted by Crippen LogP contribution is -2.31. The second kappa shape index (κ2) is 7.14. The maximum atomic E-state index is 13.4. The average molecular weight is 404 g/mol. The first-order chi connectivity index (χ1) is 14.6. The molecule has 0 unspecified atom stereocenters. The van der Waals surface area contributed by atoms with E-state index in [0.29, 0.717) is 17.4 Å². The number of anilines is 2. The van der Waals surface area contributed by atoms with Crippen LogP contribution in [0.3, 0.4) is 0 Å². The molecule has 1 aliphatic heterocycles. The third kappa shape index (κ3) is 3.12. The highest BCUT2D eigenvalue weighted by atomic mass is 19.1. The number of carbonyl (C=O) groups excluding carboxylic acids is 2. The van der Waals surface area contributed by atoms with Crippen molar-refractivity contribution in [2.24, 2.45) is 0 Å². The Bertz CT molecular complexity index is 1250. The molecule has 4 aromatic rings. The molecule has 30 heavy (non-hydrogen) atoms. The molecule has 2 aromatic heterocycles. The topological polar surface area (TPSA) is 80.4 Å². The molecule has 0 saturated carbocycles. The van der Waals surface area contributed by atoms with Crippen LogP contribution in [0.5, 0.6) is 0 Å². The number of amides is 2. The first kappa shape index (κ1) is 18.1. The van der Waals surface area contributed by atoms with Gasteiger partial charge in [-0.25, -0.2) is 9.37 Å². The molecule has 0 aliphatic carbocycles. The van der Waals surface area contributed by atoms with Gasteiger partial charge in [0.2, 0.25) is 11.9 Å². The molecular weight excluding hydrogens is 387 g/mol. The third-order valence-electron chi connectivity index (χ3n) is 5.06. The lowest BCUT2D eigenvalue weighted by molar-refractivity contribution is -0.124. The van der Waals surface area contributed by atoms with E-state index in [1.54, 1.807) is 29.0 Å². The molecule has 1 atom stereocenters. The first-order valence-electron chi connectivity index (χ1n) is 9.46. The van der Waals surface area contributed by atoms with Crippen molar-refractivity contribution >= 4 is 34.5 Å². The van der Waals surface area contributed by atoms with E-state index in [1.807, 2.05) is 24.3 Å². The number of fused-ring (bicyclic) bond motifs is 3. The Labute approximate surface area is 170 Å². The Balaban J connectivity index is 1.47. The van der Waals surface area contributed by atoms with Gasteiger partial charge in [0.1, 0.15) is 17.6 Å². The number of carbonyl (C=O) groups is 2. The Morgan fingerprint density at radius 2 is 2.00 bits per heavy atom. The number of nitrogens with zero attached hydrogens (tertiary/aromatic N) is 3. The summed E-state index contributed by atoms with van der Waals surface area (Å²) in [5.74, 6) is 0.0156. The summed E-state index contributed by atoms with van der Waals surface area (Å²) in [6, 6.07) is 15.9. The second-order valence-corrected chi connectivity index (χ2v) is 7.05. The van der Waals surface area contributed by atoms with E-state index >= 15 is 0 Å². The van der Waals surface area contributed by atoms with E-state index < -0.39 is 11.9 Å². The number of rotatable bonds is 5. The Kier molecular flexibility index (Phi) is 4.31. The summed E-state index contributed by atoms with van der Waals surface area (Å²) in [7, 11) is 0. The van der Waals surface area contributed by atoms with E-state index in [9.17, 15) is 14.0 Å². The van der Waals surface area contributed by atoms with Gasteiger partial charge in [0.05, 0.1) is 30.3 Å². The average Bonchev–Trinajstić information content (AvgIpc) is 3.42. The predicted molar refractivity (Wildman–Crippen MR) is 108 cm³/mol. The number of benzene rings is 2. The minimum atomic E-state index is -0.754. The molecule has 0 radical (unpaired) electrons. The van der Waals surface area contributed by atoms with Crippen LogP contribution in [0.4, 0.5) is 16.0 Å². The lowest BCUT2D eigenvalue weighted by atomic mass is 10.1. The van der Waals surface area contributed by atoms with Gasteiger partial charge in [0.15, 0.2) is 0 Å². The first-order valence-corrected chi connectivity index (χ1v) is 9.46. The van der Waals surface area contributed by atoms with Crippen LogP contribution in [0, 0.1) is 5.82 Å². The van der Waals surface area contributed by atoms with Crippen molar-refractivity contribution in [1.29, 1.82) is 0 Å². The number of hydrogen-bond donors (Lipinski definition) is 1. The van der Waals surface area contributed by atoms with Gasteiger partial charge in [-0.15, -0.1) is 0 Å². The smallest absolute Gasteiger partial charge is 0.253 e. The van der Waals surface area contributed by atoms with Crippen LogP contribution in [0.2, 0.25) is 0 Å². The van der Waals surface area contributed by atoms with Gasteiger partial charge in [0.25, 0.3) is 5.91 Å². The number of halogens is 1. The van der Waals surface area contributed by atoms with E-state index in [-0.39, 0.29) is 24.8 Å². The molecule has 7 nitrogen and oxygen atoms in total. The summed E-state index contributed by atoms with van der Waals surface area (Å²) in [4.78, 5) is 32.0. The van der Waals surface area contributed by atoms with Crippen LogP contribution in [0.25, 0.3) is 11.0 Å². The zero-order valence-corrected chi connectivity index (χ0v) is 15.8. The third-order valence-corrected chi connectivity index (χ3v) is 5.06. The summed E-state index contributed by atoms with van der Waals surface area (Å²) >= 11 is 0. The van der Waals surface area contributed by atoms with Crippen molar-refractivity contribution in [2.75, 3.05) is 10.2 Å². The van der Waals surface area contributed by atoms with Gasteiger partial charge < -0.3 is 9.73 Å². The maximum Gasteiger partial charge on any atom is 0.253 e. The molecule has 2 aromatic carbocycles. The van der Waals surface area contributed by atoms with Crippen LogP contribution < -0.4 is 10.2 Å². The largest absolute Gasteiger partial charge is 0.467 e. The molecular formula is C22H17FN4O3. The van der Waals surface area contributed by atoms with Gasteiger partial charge in [-0.2, -0.15) is 0 Å². The fraction of sp³-hybridized carbons (Fsp3) is 0.136. The molecule has 2 amide bonds. The molecule has 8 heteroatoms. The normalized spacial score (nSPS) is 15.6. The van der Waals surface area contributed by atoms with Crippen molar-refractivity contribution < 1.29 is 18.4 Å². The van der Waals surface area contributed by atoms with Crippen LogP contribution in [0.1, 0.15) is 18.2 Å². The zero-order chi connectivity index (χ0) is 20.7. The van der Waals surface area contributed by atoms with Crippen molar-refractivity contribution in [2.45, 2.75) is 19.0 Å². The summed E-state index contributed by atoms with van der Waals surface area (Å²) < 4.78 is 20.6. The number of nitrogens with one attached hydrogen (secondary N) is 1. The monoisotopic (exact) mass is 404 g/mol. The SMILES string of the molecule is O=C(C[C@H]1C(=O)N(Cc2ccco2)c2nc3ccccc3n21)Nc1cccc(F)c1. The van der Waals surface area contributed by atoms with Crippen LogP contribution in [-0.2, 0) is 16.1 Å². The molecule has 5 rings (SSSR count). The lowest BCUT2D eigenvalue weighted by Gasteiger charge is -2.15. The summed E-state index contributed by atoms with van der Waals surface area (Å²) in [6.45, 7) is 0.219. The molecule has 3 heterocycles. The standard InChI is InChI=1S/C22H17FN4O3/c23-14-5-3-6-15(11-14)24-20(28)12-19-21(29)26(13-16-7-4-10-30-16)22-25-17-8-1-2-9-18(17)27(19)22/h1-11,19H,12-13H2,(H,24,28)/t19-/m0/s1. The van der Waals surface area contributed by atoms with Crippen LogP contribution in [0.15, 0.2) is 71.3 Å². The Morgan fingerprint density at radius 1 is 1.13 bits per heavy atom. The summed E-state index contributed by atoms with van der Waals surface area (Å²) in [5.41, 5.74) is 1.85. The minimum absolute atomic E-state index is 0.0998. The Morgan fingerprint density at radius 3 is 2.80 bits per heavy atom. The fourth-order valence-electron chi connectivity index (χ4n) is 3.76. The maximum absolute atomic E-state index is 13.4. The quantitative estimate of drug-likeness (QED) is 0.547. The molecule has 150 valence electrons. The van der Waals surface area contributed by atoms with Gasteiger partial charge in [-0.1, -0.05) is 18.2 Å². The van der Waals surface area contributed by atoms with Gasteiger partial charge in [0, 0.05) is 5.69 Å². The fourth-order valence-corrected chi connectivity index (χ4v) is 3.76. The number of hydrogen-bond acceptors (Lipinski definition) is 4. The molecule has 1 aliphatic rings. The van der Waals surface area contributed by atoms with E-state index in [1.165, 1.54) is 23.1 Å². The number of imidazole rings is 1. The van der Waals surface area contributed by atoms with E-state index in [2.05, 4.69) is 10.3 Å². The minimum Gasteiger partial charge on any atom is -0.467 e. The number of furan rings is 1. The van der Waals surface area contributed by atoms with Crippen LogP contribution in [-0.4, -0.2) is 21.4 Å². The van der Waals surface area contributed by atoms with Crippen molar-refractivity contribution in [3.63, 3.8) is 0 Å². The van der Waals surface area contributed by atoms with Gasteiger partial charge in [-0.3, -0.25) is 19.1 Å². The van der Waals surface area contributed by atoms with E-state index in [0.717, 1.165) is 11.0 Å². The summed E-state index contributed by atoms with van der Waals surface area (Å²) in [5, 5.41) is 2.66. The highest BCUT2D eigenvalue weighted by Crippen LogP contribution is 2.37. The van der Waals surface area contributed by atoms with Crippen molar-refractivity contribution in [3.05, 3.63) is 78.5 Å². The second-order valence-electron chi connectivity index (χ2n) is 7.05. The molecule has 0 fully saturated rings. The molecule has 0 spiro atoms. The van der Waals surface area contributed by atoms with E-state index in [4.69, 9.17) is 4.42 Å². The summed E-state index contributed by atoms with van der Waals surface area (Å²) in [6.07, 6.45) is 1.44. The van der Waals surface area contributed by atoms with Crippen molar-refractivity contribution in [3.8, 4) is 0 Å². The number of aromatic nitrogens is 2. The van der Waals surface area contributed by atoms with Crippen molar-refractivity contribution in [1.82, 2.24) is 9.55 Å². The van der Waals surface area contributed by atoms with Crippen LogP contribution >= 0.6 is 0 Å². The highest BCUT2D eigenvalue weighted by Gasteiger charge is 2.41. The predicted octanol–water partition coefficient (Wildman–Crippen LogP) is 3.89. The zero-order valence-electron chi connectivity index (χ0n) is 15.8. The Hall–Kier alpha value is -3.94. The molecule has 0 saturated heterocycles. The number of para-hydroxylation sites is 2. The highest BCUT2D eigenvalue weighted by molar-refractivity contribution is 6.05. The molecule has 0 bridgehead atoms. The van der Waals surface area contributed by atoms with Gasteiger partial charge in [-0.05, 0) is 42.5 Å².